The van der Waals surface area contributed by atoms with Gasteiger partial charge >= 0.3 is 6.09 Å². The lowest BCUT2D eigenvalue weighted by Crippen LogP contribution is -2.54. The Morgan fingerprint density at radius 1 is 1.09 bits per heavy atom. The lowest BCUT2D eigenvalue weighted by Gasteiger charge is -2.47. The second-order valence-electron chi connectivity index (χ2n) is 14.1. The minimum absolute atomic E-state index is 0.0848. The third-order valence-electron chi connectivity index (χ3n) is 9.81. The third kappa shape index (κ3) is 6.45. The van der Waals surface area contributed by atoms with Crippen molar-refractivity contribution in [3.05, 3.63) is 59.4 Å². The Morgan fingerprint density at radius 2 is 1.82 bits per heavy atom. The molecule has 0 spiro atoms. The smallest absolute Gasteiger partial charge is 0.410 e. The highest BCUT2D eigenvalue weighted by Gasteiger charge is 2.38. The van der Waals surface area contributed by atoms with Gasteiger partial charge in [0.05, 0.1) is 36.5 Å². The number of fused-ring (bicyclic) bond motifs is 1. The normalized spacial score (nSPS) is 21.2. The molecule has 2 aromatic heterocycles. The number of rotatable bonds is 5. The summed E-state index contributed by atoms with van der Waals surface area (Å²) in [5.41, 5.74) is 3.56. The number of ether oxygens (including phenoxy) is 2. The molecule has 1 aromatic carbocycles. The van der Waals surface area contributed by atoms with Gasteiger partial charge in [0.25, 0.3) is 5.91 Å². The van der Waals surface area contributed by atoms with Crippen molar-refractivity contribution in [1.29, 1.82) is 0 Å². The molecule has 3 aromatic rings. The number of carbonyl (C=O) groups excluding carboxylic acids is 2. The van der Waals surface area contributed by atoms with Gasteiger partial charge in [-0.25, -0.2) is 14.2 Å². The summed E-state index contributed by atoms with van der Waals surface area (Å²) in [6.45, 7) is 16.7. The van der Waals surface area contributed by atoms with Gasteiger partial charge in [0.15, 0.2) is 0 Å². The molecule has 0 radical (unpaired) electrons. The van der Waals surface area contributed by atoms with E-state index < -0.39 is 11.4 Å². The maximum absolute atomic E-state index is 14.6. The quantitative estimate of drug-likeness (QED) is 0.362. The predicted molar refractivity (Wildman–Crippen MR) is 171 cm³/mol. The van der Waals surface area contributed by atoms with E-state index in [-0.39, 0.29) is 18.0 Å². The third-order valence-corrected chi connectivity index (χ3v) is 9.81. The zero-order valence-electron chi connectivity index (χ0n) is 27.4. The molecular formula is C35H46FN5O4. The van der Waals surface area contributed by atoms with Crippen LogP contribution in [0, 0.1) is 18.7 Å². The fourth-order valence-electron chi connectivity index (χ4n) is 7.04. The number of aryl methyl sites for hydroxylation is 1. The number of halogens is 1. The van der Waals surface area contributed by atoms with Crippen LogP contribution in [0.4, 0.5) is 9.18 Å². The van der Waals surface area contributed by atoms with Crippen LogP contribution >= 0.6 is 0 Å². The van der Waals surface area contributed by atoms with Crippen LogP contribution in [0.25, 0.3) is 16.6 Å². The molecule has 3 aliphatic rings. The monoisotopic (exact) mass is 619 g/mol. The molecule has 6 rings (SSSR count). The van der Waals surface area contributed by atoms with E-state index in [0.29, 0.717) is 48.8 Å². The fraction of sp³-hybridized carbons (Fsp3) is 0.571. The summed E-state index contributed by atoms with van der Waals surface area (Å²) in [5.74, 6) is 1.11. The average molecular weight is 620 g/mol. The van der Waals surface area contributed by atoms with Crippen LogP contribution in [-0.2, 0) is 9.47 Å². The summed E-state index contributed by atoms with van der Waals surface area (Å²) in [6, 6.07) is 7.04. The number of benzene rings is 1. The Bertz CT molecular complexity index is 1570. The van der Waals surface area contributed by atoms with Crippen molar-refractivity contribution < 1.29 is 23.5 Å². The number of piperidine rings is 1. The summed E-state index contributed by atoms with van der Waals surface area (Å²) in [7, 11) is 0. The molecule has 2 amide bonds. The largest absolute Gasteiger partial charge is 0.444 e. The average Bonchev–Trinajstić information content (AvgIpc) is 3.35. The van der Waals surface area contributed by atoms with Crippen molar-refractivity contribution in [3.8, 4) is 11.1 Å². The Labute approximate surface area is 265 Å². The highest BCUT2D eigenvalue weighted by molar-refractivity contribution is 6.03. The van der Waals surface area contributed by atoms with Crippen molar-refractivity contribution in [3.63, 3.8) is 0 Å². The SMILES string of the molecule is Cc1ncc2c(-c3ccc(F)cc3C(=O)N3CCOC[C@H]3C)cc(C3CN(C(C)C4CCN(C(=O)OC(C)(C)C)CC4)C3)cn12. The molecule has 0 bridgehead atoms. The topological polar surface area (TPSA) is 79.6 Å². The van der Waals surface area contributed by atoms with Crippen LogP contribution in [0.5, 0.6) is 0 Å². The number of hydrogen-bond acceptors (Lipinski definition) is 6. The molecule has 45 heavy (non-hydrogen) atoms. The van der Waals surface area contributed by atoms with Gasteiger partial charge in [-0.3, -0.25) is 9.69 Å². The van der Waals surface area contributed by atoms with Crippen LogP contribution < -0.4 is 0 Å². The highest BCUT2D eigenvalue weighted by atomic mass is 19.1. The summed E-state index contributed by atoms with van der Waals surface area (Å²) < 4.78 is 27.9. The van der Waals surface area contributed by atoms with Crippen molar-refractivity contribution in [1.82, 2.24) is 24.1 Å². The van der Waals surface area contributed by atoms with E-state index in [1.807, 2.05) is 45.7 Å². The molecule has 0 N–H and O–H groups in total. The van der Waals surface area contributed by atoms with Gasteiger partial charge in [-0.2, -0.15) is 0 Å². The number of hydrogen-bond donors (Lipinski definition) is 0. The van der Waals surface area contributed by atoms with E-state index >= 15 is 0 Å². The van der Waals surface area contributed by atoms with Gasteiger partial charge in [0, 0.05) is 56.4 Å². The lowest BCUT2D eigenvalue weighted by atomic mass is 9.83. The number of likely N-dealkylation sites (tertiary alicyclic amines) is 2. The van der Waals surface area contributed by atoms with Crippen LogP contribution in [-0.4, -0.2) is 99.7 Å². The van der Waals surface area contributed by atoms with E-state index in [0.717, 1.165) is 55.9 Å². The fourth-order valence-corrected chi connectivity index (χ4v) is 7.04. The Morgan fingerprint density at radius 3 is 2.51 bits per heavy atom. The first kappa shape index (κ1) is 31.5. The lowest BCUT2D eigenvalue weighted by molar-refractivity contribution is 0.00359. The number of imidazole rings is 1. The van der Waals surface area contributed by atoms with Crippen molar-refractivity contribution in [2.24, 2.45) is 5.92 Å². The second kappa shape index (κ2) is 12.4. The molecule has 2 atom stereocenters. The van der Waals surface area contributed by atoms with E-state index in [9.17, 15) is 14.0 Å². The molecule has 3 aliphatic heterocycles. The second-order valence-corrected chi connectivity index (χ2v) is 14.1. The Hall–Kier alpha value is -3.50. The summed E-state index contributed by atoms with van der Waals surface area (Å²) >= 11 is 0. The van der Waals surface area contributed by atoms with Crippen molar-refractivity contribution in [2.45, 2.75) is 78.0 Å². The molecular weight excluding hydrogens is 573 g/mol. The molecule has 5 heterocycles. The molecule has 242 valence electrons. The number of nitrogens with zero attached hydrogens (tertiary/aromatic N) is 5. The van der Waals surface area contributed by atoms with Crippen molar-refractivity contribution >= 4 is 17.5 Å². The zero-order valence-corrected chi connectivity index (χ0v) is 27.4. The first-order chi connectivity index (χ1) is 21.4. The van der Waals surface area contributed by atoms with Crippen LogP contribution in [0.3, 0.4) is 0 Å². The summed E-state index contributed by atoms with van der Waals surface area (Å²) in [5, 5.41) is 0. The van der Waals surface area contributed by atoms with E-state index in [4.69, 9.17) is 9.47 Å². The molecule has 0 aliphatic carbocycles. The number of morpholine rings is 1. The predicted octanol–water partition coefficient (Wildman–Crippen LogP) is 5.74. The van der Waals surface area contributed by atoms with Gasteiger partial charge < -0.3 is 23.7 Å². The van der Waals surface area contributed by atoms with Gasteiger partial charge in [-0.15, -0.1) is 0 Å². The zero-order chi connectivity index (χ0) is 32.0. The number of pyridine rings is 1. The Balaban J connectivity index is 1.20. The van der Waals surface area contributed by atoms with E-state index in [2.05, 4.69) is 33.5 Å². The first-order valence-corrected chi connectivity index (χ1v) is 16.3. The standard InChI is InChI=1S/C35H46FN5O4/c1-22-21-44-14-13-40(22)33(42)31-16-28(36)7-8-29(31)30-15-26(20-41-24(3)37-17-32(30)41)27-18-39(19-27)23(2)25-9-11-38(12-10-25)34(43)45-35(4,5)6/h7-8,15-17,20,22-23,25,27H,9-14,18-19,21H2,1-6H3/t22-,23?/m1/s1. The van der Waals surface area contributed by atoms with Gasteiger partial charge in [-0.05, 0) is 89.6 Å². The maximum atomic E-state index is 14.6. The van der Waals surface area contributed by atoms with Crippen LogP contribution in [0.1, 0.15) is 75.1 Å². The Kier molecular flexibility index (Phi) is 8.65. The number of amides is 2. The summed E-state index contributed by atoms with van der Waals surface area (Å²) in [6.07, 6.45) is 5.72. The molecule has 3 fully saturated rings. The van der Waals surface area contributed by atoms with Crippen LogP contribution in [0.2, 0.25) is 0 Å². The maximum Gasteiger partial charge on any atom is 0.410 e. The van der Waals surface area contributed by atoms with Crippen molar-refractivity contribution in [2.75, 3.05) is 45.9 Å². The minimum Gasteiger partial charge on any atom is -0.444 e. The van der Waals surface area contributed by atoms with Gasteiger partial charge in [-0.1, -0.05) is 6.07 Å². The first-order valence-electron chi connectivity index (χ1n) is 16.3. The molecule has 9 nitrogen and oxygen atoms in total. The number of aromatic nitrogens is 2. The number of carbonyl (C=O) groups is 2. The molecule has 0 saturated carbocycles. The molecule has 3 saturated heterocycles. The van der Waals surface area contributed by atoms with Gasteiger partial charge in [0.2, 0.25) is 0 Å². The van der Waals surface area contributed by atoms with Gasteiger partial charge in [0.1, 0.15) is 17.2 Å². The minimum atomic E-state index is -0.485. The van der Waals surface area contributed by atoms with Crippen LogP contribution in [0.15, 0.2) is 36.7 Å². The summed E-state index contributed by atoms with van der Waals surface area (Å²) in [4.78, 5) is 37.1. The van der Waals surface area contributed by atoms with E-state index in [1.54, 1.807) is 11.0 Å². The van der Waals surface area contributed by atoms with E-state index in [1.165, 1.54) is 17.7 Å². The highest BCUT2D eigenvalue weighted by Crippen LogP contribution is 2.38. The molecule has 1 unspecified atom stereocenters. The molecule has 10 heteroatoms.